The van der Waals surface area contributed by atoms with Gasteiger partial charge in [-0.1, -0.05) is 23.2 Å². The van der Waals surface area contributed by atoms with Crippen molar-refractivity contribution in [3.63, 3.8) is 0 Å². The first kappa shape index (κ1) is 20.0. The molecule has 0 saturated heterocycles. The van der Waals surface area contributed by atoms with Crippen LogP contribution in [0.2, 0.25) is 10.3 Å². The minimum atomic E-state index is -2.67. The molecule has 0 aliphatic rings. The van der Waals surface area contributed by atoms with Crippen molar-refractivity contribution in [2.24, 2.45) is 0 Å². The Kier molecular flexibility index (Phi) is 6.83. The largest absolute Gasteiger partial charge is 0.698 e. The predicted molar refractivity (Wildman–Crippen MR) is 89.0 cm³/mol. The monoisotopic (exact) mass is 421 g/mol. The summed E-state index contributed by atoms with van der Waals surface area (Å²) in [5, 5.41) is 21.3. The lowest BCUT2D eigenvalue weighted by atomic mass is 10.3. The van der Waals surface area contributed by atoms with E-state index in [1.165, 1.54) is 0 Å². The van der Waals surface area contributed by atoms with Gasteiger partial charge in [-0.15, -0.1) is 9.05 Å². The average molecular weight is 422 g/mol. The minimum Gasteiger partial charge on any atom is -0.258 e. The van der Waals surface area contributed by atoms with Gasteiger partial charge in [-0.3, -0.25) is 20.2 Å². The number of nitro groups is 2. The molecule has 0 aromatic carbocycles. The quantitative estimate of drug-likeness (QED) is 0.266. The first-order valence-electron chi connectivity index (χ1n) is 6.58. The molecule has 0 saturated carbocycles. The number of aromatic nitrogens is 2. The number of hydrogen-bond acceptors (Lipinski definition) is 9. The molecule has 0 bridgehead atoms. The Bertz CT molecular complexity index is 813. The van der Waals surface area contributed by atoms with E-state index in [4.69, 9.17) is 32.2 Å². The normalized spacial score (nSPS) is 10.5. The fourth-order valence-corrected chi connectivity index (χ4v) is 2.53. The average Bonchev–Trinajstić information content (AvgIpc) is 2.59. The first-order valence-corrected chi connectivity index (χ1v) is 8.43. The van der Waals surface area contributed by atoms with Crippen molar-refractivity contribution in [1.82, 2.24) is 9.97 Å². The van der Waals surface area contributed by atoms with Gasteiger partial charge in [0.15, 0.2) is 0 Å². The van der Waals surface area contributed by atoms with Gasteiger partial charge in [-0.05, 0) is 0 Å². The van der Waals surface area contributed by atoms with Crippen LogP contribution in [0.4, 0.5) is 11.4 Å². The maximum Gasteiger partial charge on any atom is 0.698 e. The van der Waals surface area contributed by atoms with E-state index in [1.807, 2.05) is 0 Å². The summed E-state index contributed by atoms with van der Waals surface area (Å²) < 4.78 is 21.6. The molecule has 0 aliphatic carbocycles. The minimum absolute atomic E-state index is 0.0510. The molecule has 2 heterocycles. The van der Waals surface area contributed by atoms with E-state index in [0.29, 0.717) is 0 Å². The zero-order valence-corrected chi connectivity index (χ0v) is 15.0. The maximum absolute atomic E-state index is 11.8. The van der Waals surface area contributed by atoms with E-state index in [1.54, 1.807) is 0 Å². The second kappa shape index (κ2) is 8.88. The Morgan fingerprint density at radius 2 is 1.31 bits per heavy atom. The van der Waals surface area contributed by atoms with Crippen molar-refractivity contribution in [2.45, 2.75) is 13.2 Å². The van der Waals surface area contributed by atoms with Gasteiger partial charge in [0.25, 0.3) is 11.4 Å². The molecule has 0 aliphatic heterocycles. The van der Waals surface area contributed by atoms with Crippen molar-refractivity contribution in [3.8, 4) is 0 Å². The SMILES string of the molecule is O=[N+]([O-])c1cnc(Cl)c(CO[P+](=O)OCc2cc([N+](=O)[O-])cnc2Cl)c1. The van der Waals surface area contributed by atoms with Crippen LogP contribution in [0, 0.1) is 20.2 Å². The van der Waals surface area contributed by atoms with Crippen LogP contribution in [0.5, 0.6) is 0 Å². The van der Waals surface area contributed by atoms with Crippen molar-refractivity contribution in [1.29, 1.82) is 0 Å². The van der Waals surface area contributed by atoms with Crippen molar-refractivity contribution in [3.05, 3.63) is 66.2 Å². The smallest absolute Gasteiger partial charge is 0.258 e. The molecule has 14 heteroatoms. The van der Waals surface area contributed by atoms with Gasteiger partial charge >= 0.3 is 8.25 Å². The van der Waals surface area contributed by atoms with Gasteiger partial charge in [0.1, 0.15) is 35.9 Å². The van der Waals surface area contributed by atoms with Gasteiger partial charge < -0.3 is 0 Å². The van der Waals surface area contributed by atoms with Crippen molar-refractivity contribution >= 4 is 42.8 Å². The Balaban J connectivity index is 1.96. The zero-order valence-electron chi connectivity index (χ0n) is 12.6. The first-order chi connectivity index (χ1) is 12.3. The molecule has 2 aromatic heterocycles. The van der Waals surface area contributed by atoms with Crippen molar-refractivity contribution < 1.29 is 23.5 Å². The molecule has 0 N–H and O–H groups in total. The summed E-state index contributed by atoms with van der Waals surface area (Å²) in [6.45, 7) is -0.715. The molecule has 11 nitrogen and oxygen atoms in total. The molecule has 136 valence electrons. The van der Waals surface area contributed by atoms with Crippen LogP contribution in [0.15, 0.2) is 24.5 Å². The molecule has 2 aromatic rings. The number of halogens is 2. The van der Waals surface area contributed by atoms with E-state index < -0.39 is 18.1 Å². The summed E-state index contributed by atoms with van der Waals surface area (Å²) in [6, 6.07) is 2.25. The highest BCUT2D eigenvalue weighted by molar-refractivity contribution is 7.33. The maximum atomic E-state index is 11.8. The van der Waals surface area contributed by atoms with Gasteiger partial charge in [-0.2, -0.15) is 0 Å². The Hall–Kier alpha value is -2.30. The van der Waals surface area contributed by atoms with Crippen LogP contribution in [-0.4, -0.2) is 19.8 Å². The van der Waals surface area contributed by atoms with Gasteiger partial charge in [-0.25, -0.2) is 9.97 Å². The molecular weight excluding hydrogens is 414 g/mol. The summed E-state index contributed by atoms with van der Waals surface area (Å²) in [5.74, 6) is 0. The van der Waals surface area contributed by atoms with Crippen LogP contribution in [0.25, 0.3) is 0 Å². The summed E-state index contributed by atoms with van der Waals surface area (Å²) in [4.78, 5) is 27.3. The third kappa shape index (κ3) is 5.35. The fraction of sp³-hybridized carbons (Fsp3) is 0.167. The molecule has 2 rings (SSSR count). The van der Waals surface area contributed by atoms with Crippen molar-refractivity contribution in [2.75, 3.05) is 0 Å². The van der Waals surface area contributed by atoms with E-state index >= 15 is 0 Å². The van der Waals surface area contributed by atoms with E-state index in [2.05, 4.69) is 9.97 Å². The molecule has 0 fully saturated rings. The van der Waals surface area contributed by atoms with Crippen LogP contribution in [0.3, 0.4) is 0 Å². The lowest BCUT2D eigenvalue weighted by Crippen LogP contribution is -1.97. The highest BCUT2D eigenvalue weighted by Gasteiger charge is 2.24. The highest BCUT2D eigenvalue weighted by Crippen LogP contribution is 2.31. The van der Waals surface area contributed by atoms with E-state index in [0.717, 1.165) is 24.5 Å². The lowest BCUT2D eigenvalue weighted by molar-refractivity contribution is -0.385. The number of pyridine rings is 2. The third-order valence-corrected chi connectivity index (χ3v) is 4.23. The van der Waals surface area contributed by atoms with Crippen LogP contribution in [0.1, 0.15) is 11.1 Å². The zero-order chi connectivity index (χ0) is 19.3. The number of rotatable bonds is 8. The topological polar surface area (TPSA) is 148 Å². The Labute approximate surface area is 156 Å². The molecule has 0 spiro atoms. The number of nitrogens with zero attached hydrogens (tertiary/aromatic N) is 4. The Morgan fingerprint density at radius 3 is 1.65 bits per heavy atom. The van der Waals surface area contributed by atoms with Gasteiger partial charge in [0.2, 0.25) is 0 Å². The summed E-state index contributed by atoms with van der Waals surface area (Å²) >= 11 is 11.6. The van der Waals surface area contributed by atoms with Gasteiger partial charge in [0.05, 0.1) is 9.85 Å². The van der Waals surface area contributed by atoms with Crippen LogP contribution in [-0.2, 0) is 26.8 Å². The fourth-order valence-electron chi connectivity index (χ4n) is 1.65. The molecule has 26 heavy (non-hydrogen) atoms. The van der Waals surface area contributed by atoms with E-state index in [9.17, 15) is 24.8 Å². The molecule has 0 amide bonds. The van der Waals surface area contributed by atoms with Crippen LogP contribution >= 0.6 is 31.5 Å². The highest BCUT2D eigenvalue weighted by atomic mass is 35.5. The van der Waals surface area contributed by atoms with E-state index in [-0.39, 0.29) is 46.0 Å². The summed E-state index contributed by atoms with van der Waals surface area (Å²) in [6.07, 6.45) is 1.94. The molecule has 0 unspecified atom stereocenters. The number of hydrogen-bond donors (Lipinski definition) is 0. The summed E-state index contributed by atoms with van der Waals surface area (Å²) in [7, 11) is -2.67. The molecular formula is C12H8Cl2N4O7P+. The molecule has 0 atom stereocenters. The second-order valence-electron chi connectivity index (χ2n) is 4.57. The second-order valence-corrected chi connectivity index (χ2v) is 6.25. The molecule has 0 radical (unpaired) electrons. The predicted octanol–water partition coefficient (Wildman–Crippen LogP) is 3.99. The van der Waals surface area contributed by atoms with Crippen LogP contribution < -0.4 is 0 Å². The lowest BCUT2D eigenvalue weighted by Gasteiger charge is -2.00. The standard InChI is InChI=1S/C12H8Cl2N4O7P/c13-11-7(1-9(3-15-11)17(19)20)5-24-26(23)25-6-8-2-10(18(21)22)4-16-12(8)14/h1-4H,5-6H2/q+1. The summed E-state index contributed by atoms with van der Waals surface area (Å²) in [5.41, 5.74) is -0.331. The van der Waals surface area contributed by atoms with Gasteiger partial charge in [0, 0.05) is 27.8 Å². The Morgan fingerprint density at radius 1 is 0.923 bits per heavy atom. The third-order valence-electron chi connectivity index (χ3n) is 2.87.